The number of nitrogens with zero attached hydrogens (tertiary/aromatic N) is 1. The number of aliphatic carboxylic acids is 1. The highest BCUT2D eigenvalue weighted by molar-refractivity contribution is 6.06. The van der Waals surface area contributed by atoms with Crippen LogP contribution >= 0.6 is 0 Å². The number of Topliss-reactive ketones (excluding diaryl/α,β-unsaturated/α-hetero) is 1. The lowest BCUT2D eigenvalue weighted by Crippen LogP contribution is -2.39. The molecule has 1 amide bonds. The van der Waals surface area contributed by atoms with Gasteiger partial charge in [-0.05, 0) is 48.1 Å². The number of anilines is 2. The quantitative estimate of drug-likeness (QED) is 0.488. The third kappa shape index (κ3) is 5.48. The van der Waals surface area contributed by atoms with Crippen molar-refractivity contribution in [1.82, 2.24) is 0 Å². The molecule has 0 fully saturated rings. The van der Waals surface area contributed by atoms with Crippen LogP contribution in [0, 0.1) is 5.41 Å². The molecule has 8 nitrogen and oxygen atoms in total. The average molecular weight is 507 g/mol. The van der Waals surface area contributed by atoms with Gasteiger partial charge in [0.25, 0.3) is 0 Å². The highest BCUT2D eigenvalue weighted by Gasteiger charge is 2.43. The summed E-state index contributed by atoms with van der Waals surface area (Å²) in [5.74, 6) is -0.397. The van der Waals surface area contributed by atoms with Crippen LogP contribution in [-0.2, 0) is 14.4 Å². The smallest absolute Gasteiger partial charge is 0.303 e. The highest BCUT2D eigenvalue weighted by Crippen LogP contribution is 2.49. The van der Waals surface area contributed by atoms with Gasteiger partial charge < -0.3 is 19.9 Å². The molecule has 0 spiro atoms. The normalized spacial score (nSPS) is 18.3. The Morgan fingerprint density at radius 1 is 1.11 bits per heavy atom. The van der Waals surface area contributed by atoms with E-state index < -0.39 is 12.0 Å². The Labute approximate surface area is 217 Å². The molecule has 0 aromatic heterocycles. The molecule has 0 bridgehead atoms. The SMILES string of the molecule is CCCOc1ccc([C@H]2C3=C(CC(C)(C)CC3=O)Nc3ccccc3N2C(=O)CCC(=O)O)cc1OC. The van der Waals surface area contributed by atoms with Crippen LogP contribution in [0.15, 0.2) is 53.7 Å². The van der Waals surface area contributed by atoms with E-state index in [1.165, 1.54) is 0 Å². The number of hydrogen-bond donors (Lipinski definition) is 2. The van der Waals surface area contributed by atoms with E-state index in [1.807, 2.05) is 37.3 Å². The number of ketones is 1. The minimum atomic E-state index is -1.05. The molecule has 1 aliphatic heterocycles. The Morgan fingerprint density at radius 3 is 2.57 bits per heavy atom. The van der Waals surface area contributed by atoms with Crippen molar-refractivity contribution in [3.05, 3.63) is 59.3 Å². The number of para-hydroxylation sites is 2. The molecule has 0 radical (unpaired) electrons. The van der Waals surface area contributed by atoms with Crippen molar-refractivity contribution in [2.45, 2.75) is 58.9 Å². The monoisotopic (exact) mass is 506 g/mol. The van der Waals surface area contributed by atoms with Crippen molar-refractivity contribution < 1.29 is 29.0 Å². The number of amides is 1. The molecule has 37 heavy (non-hydrogen) atoms. The van der Waals surface area contributed by atoms with Gasteiger partial charge in [-0.15, -0.1) is 0 Å². The van der Waals surface area contributed by atoms with E-state index in [0.717, 1.165) is 12.1 Å². The van der Waals surface area contributed by atoms with Crippen molar-refractivity contribution in [2.75, 3.05) is 23.9 Å². The molecule has 196 valence electrons. The summed E-state index contributed by atoms with van der Waals surface area (Å²) >= 11 is 0. The number of nitrogens with one attached hydrogen (secondary N) is 1. The maximum absolute atomic E-state index is 13.7. The van der Waals surface area contributed by atoms with E-state index in [-0.39, 0.29) is 29.9 Å². The van der Waals surface area contributed by atoms with E-state index in [9.17, 15) is 19.5 Å². The van der Waals surface area contributed by atoms with Crippen molar-refractivity contribution in [2.24, 2.45) is 5.41 Å². The summed E-state index contributed by atoms with van der Waals surface area (Å²) in [5.41, 5.74) is 3.01. The second-order valence-electron chi connectivity index (χ2n) is 10.3. The maximum Gasteiger partial charge on any atom is 0.303 e. The van der Waals surface area contributed by atoms with Crippen LogP contribution in [0.5, 0.6) is 11.5 Å². The third-order valence-corrected chi connectivity index (χ3v) is 6.69. The maximum atomic E-state index is 13.7. The second-order valence-corrected chi connectivity index (χ2v) is 10.3. The van der Waals surface area contributed by atoms with Crippen molar-refractivity contribution in [1.29, 1.82) is 0 Å². The van der Waals surface area contributed by atoms with Gasteiger partial charge in [-0.3, -0.25) is 19.3 Å². The number of fused-ring (bicyclic) bond motifs is 1. The fourth-order valence-electron chi connectivity index (χ4n) is 5.10. The van der Waals surface area contributed by atoms with E-state index in [4.69, 9.17) is 9.47 Å². The van der Waals surface area contributed by atoms with Crippen LogP contribution in [0.2, 0.25) is 0 Å². The van der Waals surface area contributed by atoms with Crippen molar-refractivity contribution >= 4 is 29.0 Å². The van der Waals surface area contributed by atoms with Crippen molar-refractivity contribution in [3.63, 3.8) is 0 Å². The predicted octanol–water partition coefficient (Wildman–Crippen LogP) is 5.49. The Kier molecular flexibility index (Phi) is 7.57. The first-order valence-corrected chi connectivity index (χ1v) is 12.6. The fourth-order valence-corrected chi connectivity index (χ4v) is 5.10. The number of allylic oxidation sites excluding steroid dienone is 1. The van der Waals surface area contributed by atoms with Crippen LogP contribution in [0.3, 0.4) is 0 Å². The molecule has 2 aromatic carbocycles. The van der Waals surface area contributed by atoms with Gasteiger partial charge in [-0.2, -0.15) is 0 Å². The van der Waals surface area contributed by atoms with Gasteiger partial charge in [0.1, 0.15) is 0 Å². The number of ether oxygens (including phenoxy) is 2. The number of carboxylic acid groups (broad SMARTS) is 1. The van der Waals surface area contributed by atoms with E-state index >= 15 is 0 Å². The Bertz CT molecular complexity index is 1250. The lowest BCUT2D eigenvalue weighted by atomic mass is 9.73. The van der Waals surface area contributed by atoms with Gasteiger partial charge in [-0.1, -0.05) is 39.0 Å². The molecular formula is C29H34N2O6. The molecule has 1 atom stereocenters. The molecule has 0 unspecified atom stereocenters. The Balaban J connectivity index is 1.94. The summed E-state index contributed by atoms with van der Waals surface area (Å²) in [4.78, 5) is 40.4. The number of hydrogen-bond acceptors (Lipinski definition) is 6. The third-order valence-electron chi connectivity index (χ3n) is 6.69. The van der Waals surface area contributed by atoms with E-state index in [0.29, 0.717) is 53.5 Å². The summed E-state index contributed by atoms with van der Waals surface area (Å²) in [5, 5.41) is 12.7. The summed E-state index contributed by atoms with van der Waals surface area (Å²) in [6.07, 6.45) is 1.30. The molecular weight excluding hydrogens is 472 g/mol. The minimum Gasteiger partial charge on any atom is -0.493 e. The molecule has 0 saturated carbocycles. The minimum absolute atomic E-state index is 0.0436. The summed E-state index contributed by atoms with van der Waals surface area (Å²) in [7, 11) is 1.55. The molecule has 4 rings (SSSR count). The molecule has 0 saturated heterocycles. The zero-order valence-electron chi connectivity index (χ0n) is 21.8. The van der Waals surface area contributed by atoms with E-state index in [2.05, 4.69) is 19.2 Å². The number of benzene rings is 2. The van der Waals surface area contributed by atoms with Gasteiger partial charge in [0, 0.05) is 24.1 Å². The first kappa shape index (κ1) is 26.3. The molecule has 1 heterocycles. The van der Waals surface area contributed by atoms with Crippen LogP contribution in [0.25, 0.3) is 0 Å². The van der Waals surface area contributed by atoms with Crippen molar-refractivity contribution in [3.8, 4) is 11.5 Å². The lowest BCUT2D eigenvalue weighted by Gasteiger charge is -2.37. The van der Waals surface area contributed by atoms with Gasteiger partial charge in [-0.25, -0.2) is 0 Å². The highest BCUT2D eigenvalue weighted by atomic mass is 16.5. The summed E-state index contributed by atoms with van der Waals surface area (Å²) in [6.45, 7) is 6.66. The molecule has 1 aliphatic carbocycles. The Hall–Kier alpha value is -3.81. The predicted molar refractivity (Wildman–Crippen MR) is 141 cm³/mol. The average Bonchev–Trinajstić information content (AvgIpc) is 2.99. The molecule has 2 aromatic rings. The largest absolute Gasteiger partial charge is 0.493 e. The first-order valence-electron chi connectivity index (χ1n) is 12.6. The number of carbonyl (C=O) groups excluding carboxylic acids is 2. The van der Waals surface area contributed by atoms with Gasteiger partial charge >= 0.3 is 5.97 Å². The number of carbonyl (C=O) groups is 3. The number of rotatable bonds is 8. The molecule has 2 N–H and O–H groups in total. The summed E-state index contributed by atoms with van der Waals surface area (Å²) in [6, 6.07) is 12.1. The second kappa shape index (κ2) is 10.7. The van der Waals surface area contributed by atoms with Crippen LogP contribution in [-0.4, -0.2) is 36.5 Å². The molecule has 8 heteroatoms. The first-order chi connectivity index (χ1) is 17.6. The summed E-state index contributed by atoms with van der Waals surface area (Å²) < 4.78 is 11.5. The zero-order valence-corrected chi connectivity index (χ0v) is 21.8. The topological polar surface area (TPSA) is 105 Å². The van der Waals surface area contributed by atoms with Crippen LogP contribution in [0.4, 0.5) is 11.4 Å². The fraction of sp³-hybridized carbons (Fsp3) is 0.414. The van der Waals surface area contributed by atoms with Gasteiger partial charge in [0.05, 0.1) is 37.6 Å². The standard InChI is InChI=1S/C29H34N2O6/c1-5-14-37-23-11-10-18(15-24(23)36-4)28-27-20(16-29(2,3)17-22(27)32)30-19-8-6-7-9-21(19)31(28)25(33)12-13-26(34)35/h6-11,15,28,30H,5,12-14,16-17H2,1-4H3,(H,34,35)/t28-/m0/s1. The molecule has 2 aliphatic rings. The number of methoxy groups -OCH3 is 1. The van der Waals surface area contributed by atoms with Crippen LogP contribution in [0.1, 0.15) is 64.5 Å². The lowest BCUT2D eigenvalue weighted by molar-refractivity contribution is -0.138. The van der Waals surface area contributed by atoms with Gasteiger partial charge in [0.15, 0.2) is 17.3 Å². The van der Waals surface area contributed by atoms with Crippen LogP contribution < -0.4 is 19.7 Å². The van der Waals surface area contributed by atoms with Gasteiger partial charge in [0.2, 0.25) is 5.91 Å². The number of carboxylic acids is 1. The van der Waals surface area contributed by atoms with E-state index in [1.54, 1.807) is 24.1 Å². The Morgan fingerprint density at radius 2 is 1.86 bits per heavy atom. The zero-order chi connectivity index (χ0) is 26.7.